The Labute approximate surface area is 315 Å². The minimum absolute atomic E-state index is 0.0538. The van der Waals surface area contributed by atoms with Gasteiger partial charge in [0.25, 0.3) is 5.91 Å². The number of aryl methyl sites for hydroxylation is 3. The minimum Gasteiger partial charge on any atom is -0.493 e. The Bertz CT molecular complexity index is 2430. The van der Waals surface area contributed by atoms with Gasteiger partial charge in [-0.15, -0.1) is 5.10 Å². The number of halogens is 2. The molecule has 1 fully saturated rings. The van der Waals surface area contributed by atoms with E-state index in [4.69, 9.17) is 4.74 Å². The average Bonchev–Trinajstić information content (AvgIpc) is 3.98. The van der Waals surface area contributed by atoms with Crippen LogP contribution in [0.1, 0.15) is 40.3 Å². The van der Waals surface area contributed by atoms with E-state index in [9.17, 15) is 14.0 Å². The number of nitrogens with zero attached hydrogens (tertiary/aromatic N) is 9. The first kappa shape index (κ1) is 35.6. The molecule has 6 heterocycles. The second-order valence-electron chi connectivity index (χ2n) is 13.9. The lowest BCUT2D eigenvalue weighted by molar-refractivity contribution is -0.131. The second-order valence-corrected chi connectivity index (χ2v) is 13.9. The molecule has 0 bridgehead atoms. The summed E-state index contributed by atoms with van der Waals surface area (Å²) in [6.07, 6.45) is 7.23. The third kappa shape index (κ3) is 7.04. The molecule has 55 heavy (non-hydrogen) atoms. The largest absolute Gasteiger partial charge is 0.493 e. The Morgan fingerprint density at radius 1 is 0.964 bits per heavy atom. The molecule has 4 aromatic heterocycles. The number of aromatic amines is 1. The summed E-state index contributed by atoms with van der Waals surface area (Å²) < 4.78 is 39.5. The number of hydrogen-bond donors (Lipinski definition) is 1. The molecular weight excluding hydrogens is 707 g/mol. The van der Waals surface area contributed by atoms with E-state index >= 15 is 4.39 Å². The highest BCUT2D eigenvalue weighted by molar-refractivity contribution is 6.05. The summed E-state index contributed by atoms with van der Waals surface area (Å²) in [5.41, 5.74) is 5.80. The van der Waals surface area contributed by atoms with Crippen LogP contribution in [0.15, 0.2) is 73.2 Å². The number of aromatic nitrogens is 7. The van der Waals surface area contributed by atoms with E-state index in [0.717, 1.165) is 34.4 Å². The predicted octanol–water partition coefficient (Wildman–Crippen LogP) is 5.58. The van der Waals surface area contributed by atoms with Crippen LogP contribution in [0.5, 0.6) is 5.75 Å². The van der Waals surface area contributed by atoms with Crippen LogP contribution in [-0.4, -0.2) is 103 Å². The van der Waals surface area contributed by atoms with Gasteiger partial charge in [0.05, 0.1) is 42.9 Å². The van der Waals surface area contributed by atoms with E-state index in [1.807, 2.05) is 65.9 Å². The van der Waals surface area contributed by atoms with Gasteiger partial charge in [0.2, 0.25) is 5.91 Å². The number of amides is 2. The van der Waals surface area contributed by atoms with Crippen LogP contribution in [0.3, 0.4) is 0 Å². The molecule has 0 atom stereocenters. The van der Waals surface area contributed by atoms with Crippen molar-refractivity contribution in [3.05, 3.63) is 107 Å². The molecule has 6 aromatic rings. The monoisotopic (exact) mass is 746 g/mol. The van der Waals surface area contributed by atoms with Crippen LogP contribution >= 0.6 is 0 Å². The van der Waals surface area contributed by atoms with E-state index in [-0.39, 0.29) is 36.0 Å². The zero-order valence-corrected chi connectivity index (χ0v) is 30.8. The van der Waals surface area contributed by atoms with Crippen molar-refractivity contribution in [1.29, 1.82) is 0 Å². The van der Waals surface area contributed by atoms with Crippen molar-refractivity contribution in [1.82, 2.24) is 44.5 Å². The van der Waals surface area contributed by atoms with Crippen LogP contribution in [0, 0.1) is 25.5 Å². The molecule has 13 nitrogen and oxygen atoms in total. The summed E-state index contributed by atoms with van der Waals surface area (Å²) in [7, 11) is 1.47. The third-order valence-corrected chi connectivity index (χ3v) is 10.3. The maximum Gasteiger partial charge on any atom is 0.270 e. The number of piperazine rings is 1. The molecule has 2 aliphatic heterocycles. The normalized spacial score (nSPS) is 14.8. The Hall–Kier alpha value is -6.38. The molecule has 0 aliphatic carbocycles. The van der Waals surface area contributed by atoms with Crippen LogP contribution in [-0.2, 0) is 11.3 Å². The number of hydrogen-bond acceptors (Lipinski definition) is 8. The van der Waals surface area contributed by atoms with Gasteiger partial charge < -0.3 is 24.4 Å². The van der Waals surface area contributed by atoms with E-state index in [1.54, 1.807) is 32.9 Å². The molecule has 0 spiro atoms. The number of anilines is 1. The maximum absolute atomic E-state index is 16.9. The average molecular weight is 747 g/mol. The Kier molecular flexibility index (Phi) is 9.59. The highest BCUT2D eigenvalue weighted by atomic mass is 19.1. The van der Waals surface area contributed by atoms with Gasteiger partial charge in [0, 0.05) is 74.6 Å². The van der Waals surface area contributed by atoms with Gasteiger partial charge in [0.15, 0.2) is 17.4 Å². The highest BCUT2D eigenvalue weighted by Crippen LogP contribution is 2.38. The lowest BCUT2D eigenvalue weighted by Crippen LogP contribution is -2.49. The quantitative estimate of drug-likeness (QED) is 0.203. The van der Waals surface area contributed by atoms with Crippen LogP contribution in [0.4, 0.5) is 14.6 Å². The van der Waals surface area contributed by atoms with Crippen molar-refractivity contribution in [3.8, 4) is 22.6 Å². The van der Waals surface area contributed by atoms with E-state index in [2.05, 4.69) is 25.4 Å². The van der Waals surface area contributed by atoms with Crippen molar-refractivity contribution in [2.24, 2.45) is 0 Å². The standard InChI is InChI=1S/C40H40F2N10O3/c1-25-18-26(2)52(46-25)30-8-4-6-27(19-30)31-21-32(28-7-5-11-50(24-28)36(53)9-12-51-13-10-44-47-51)37(42)38-33(31)22-34(45-38)40(54)49-16-14-48(15-17-49)39-35(55-3)20-29(41)23-43-39/h4,6-8,10,13,18-23,45H,5,9,11-12,14-17,24H2,1-3H3. The first-order valence-electron chi connectivity index (χ1n) is 18.2. The second kappa shape index (κ2) is 14.8. The van der Waals surface area contributed by atoms with Gasteiger partial charge in [-0.3, -0.25) is 14.3 Å². The first-order chi connectivity index (χ1) is 26.7. The van der Waals surface area contributed by atoms with Crippen molar-refractivity contribution >= 4 is 34.1 Å². The Balaban J connectivity index is 1.13. The van der Waals surface area contributed by atoms with E-state index < -0.39 is 11.6 Å². The number of rotatable bonds is 9. The fraction of sp³-hybridized carbons (Fsp3) is 0.300. The molecule has 282 valence electrons. The van der Waals surface area contributed by atoms with E-state index in [0.29, 0.717) is 73.8 Å². The zero-order chi connectivity index (χ0) is 38.2. The van der Waals surface area contributed by atoms with Crippen LogP contribution in [0.2, 0.25) is 0 Å². The summed E-state index contributed by atoms with van der Waals surface area (Å²) in [5, 5.41) is 13.0. The Morgan fingerprint density at radius 2 is 1.80 bits per heavy atom. The molecule has 2 aliphatic rings. The van der Waals surface area contributed by atoms with Crippen molar-refractivity contribution in [3.63, 3.8) is 0 Å². The fourth-order valence-electron chi connectivity index (χ4n) is 7.51. The summed E-state index contributed by atoms with van der Waals surface area (Å²) in [6, 6.07) is 14.7. The summed E-state index contributed by atoms with van der Waals surface area (Å²) in [6.45, 7) is 6.75. The van der Waals surface area contributed by atoms with Crippen molar-refractivity contribution in [2.75, 3.05) is 51.3 Å². The summed E-state index contributed by atoms with van der Waals surface area (Å²) in [4.78, 5) is 40.1. The lowest BCUT2D eigenvalue weighted by atomic mass is 9.93. The third-order valence-electron chi connectivity index (χ3n) is 10.3. The molecule has 0 saturated carbocycles. The number of carbonyl (C=O) groups excluding carboxylic acids is 2. The number of nitrogens with one attached hydrogen (secondary N) is 1. The number of carbonyl (C=O) groups is 2. The van der Waals surface area contributed by atoms with Gasteiger partial charge in [0.1, 0.15) is 11.5 Å². The number of methoxy groups -OCH3 is 1. The van der Waals surface area contributed by atoms with E-state index in [1.165, 1.54) is 13.2 Å². The van der Waals surface area contributed by atoms with Crippen LogP contribution < -0.4 is 9.64 Å². The molecule has 15 heteroatoms. The number of H-pyrrole nitrogens is 1. The fourth-order valence-corrected chi connectivity index (χ4v) is 7.51. The Morgan fingerprint density at radius 3 is 2.55 bits per heavy atom. The topological polar surface area (TPSA) is 130 Å². The highest BCUT2D eigenvalue weighted by Gasteiger charge is 2.29. The smallest absolute Gasteiger partial charge is 0.270 e. The number of ether oxygens (including phenoxy) is 1. The first-order valence-corrected chi connectivity index (χ1v) is 18.2. The molecule has 8 rings (SSSR count). The van der Waals surface area contributed by atoms with Gasteiger partial charge >= 0.3 is 0 Å². The number of pyridine rings is 1. The van der Waals surface area contributed by atoms with Gasteiger partial charge in [-0.2, -0.15) is 5.10 Å². The molecule has 0 unspecified atom stereocenters. The molecular formula is C40H40F2N10O3. The maximum atomic E-state index is 16.9. The molecule has 2 amide bonds. The molecule has 1 saturated heterocycles. The lowest BCUT2D eigenvalue weighted by Gasteiger charge is -2.35. The molecule has 0 radical (unpaired) electrons. The minimum atomic E-state index is -0.494. The van der Waals surface area contributed by atoms with Crippen LogP contribution in [0.25, 0.3) is 33.3 Å². The van der Waals surface area contributed by atoms with Crippen molar-refractivity contribution in [2.45, 2.75) is 33.2 Å². The number of fused-ring (bicyclic) bond motifs is 1. The van der Waals surface area contributed by atoms with Crippen molar-refractivity contribution < 1.29 is 23.1 Å². The van der Waals surface area contributed by atoms with Gasteiger partial charge in [-0.05, 0) is 67.3 Å². The van der Waals surface area contributed by atoms with Gasteiger partial charge in [-0.1, -0.05) is 23.4 Å². The summed E-state index contributed by atoms with van der Waals surface area (Å²) >= 11 is 0. The molecule has 1 N–H and O–H groups in total. The molecule has 2 aromatic carbocycles. The predicted molar refractivity (Wildman–Crippen MR) is 203 cm³/mol. The van der Waals surface area contributed by atoms with Gasteiger partial charge in [-0.25, -0.2) is 18.4 Å². The zero-order valence-electron chi connectivity index (χ0n) is 30.8. The summed E-state index contributed by atoms with van der Waals surface area (Å²) in [5.74, 6) is -0.470. The number of benzene rings is 2. The SMILES string of the molecule is COc1cc(F)cnc1N1CCN(C(=O)c2cc3c(-c4cccc(-n5nc(C)cc5C)c4)cc(C4=CCCN(C(=O)CCn5ccnn5)C4)c(F)c3[nH]2)CC1.